The molecule has 3 fully saturated rings. The summed E-state index contributed by atoms with van der Waals surface area (Å²) in [5.41, 5.74) is 6.66. The number of fused-ring (bicyclic) bond motifs is 2. The van der Waals surface area contributed by atoms with Crippen LogP contribution in [0.2, 0.25) is 0 Å². The molecule has 4 N–H and O–H groups in total. The highest BCUT2D eigenvalue weighted by Crippen LogP contribution is 2.48. The lowest BCUT2D eigenvalue weighted by Crippen LogP contribution is -2.52. The van der Waals surface area contributed by atoms with Gasteiger partial charge in [0.25, 0.3) is 0 Å². The fraction of sp³-hybridized carbons (Fsp3) is 0.542. The molecular weight excluding hydrogens is 406 g/mol. The van der Waals surface area contributed by atoms with Crippen molar-refractivity contribution in [2.45, 2.75) is 70.0 Å². The summed E-state index contributed by atoms with van der Waals surface area (Å²) in [6, 6.07) is 6.42. The Morgan fingerprint density at radius 3 is 2.72 bits per heavy atom. The Balaban J connectivity index is 1.31. The van der Waals surface area contributed by atoms with Crippen LogP contribution in [0.15, 0.2) is 30.5 Å². The van der Waals surface area contributed by atoms with Crippen LogP contribution in [0, 0.1) is 11.8 Å². The van der Waals surface area contributed by atoms with Crippen molar-refractivity contribution in [1.29, 1.82) is 0 Å². The number of aromatic nitrogens is 1. The predicted octanol–water partition coefficient (Wildman–Crippen LogP) is 3.65. The fourth-order valence-electron chi connectivity index (χ4n) is 5.70. The summed E-state index contributed by atoms with van der Waals surface area (Å²) < 4.78 is 1.33. The minimum absolute atomic E-state index is 0.114. The summed E-state index contributed by atoms with van der Waals surface area (Å²) in [5, 5.41) is 6.92. The summed E-state index contributed by atoms with van der Waals surface area (Å²) in [6.07, 6.45) is 8.76. The highest BCUT2D eigenvalue weighted by molar-refractivity contribution is 6.07. The lowest BCUT2D eigenvalue weighted by molar-refractivity contribution is -0.120. The Bertz CT molecular complexity index is 1060. The number of anilines is 1. The van der Waals surface area contributed by atoms with Gasteiger partial charge in [0.05, 0.1) is 11.2 Å². The van der Waals surface area contributed by atoms with Gasteiger partial charge in [0, 0.05) is 23.7 Å². The Morgan fingerprint density at radius 1 is 1.12 bits per heavy atom. The summed E-state index contributed by atoms with van der Waals surface area (Å²) in [4.78, 5) is 40.0. The highest BCUT2D eigenvalue weighted by atomic mass is 16.2. The van der Waals surface area contributed by atoms with Crippen LogP contribution in [-0.2, 0) is 4.79 Å². The summed E-state index contributed by atoms with van der Waals surface area (Å²) in [6.45, 7) is 2.21. The summed E-state index contributed by atoms with van der Waals surface area (Å²) in [7, 11) is 0. The van der Waals surface area contributed by atoms with Crippen molar-refractivity contribution in [1.82, 2.24) is 14.8 Å². The summed E-state index contributed by atoms with van der Waals surface area (Å²) >= 11 is 0. The number of piperidine rings is 1. The topological polar surface area (TPSA) is 109 Å². The molecule has 2 saturated carbocycles. The highest BCUT2D eigenvalue weighted by Gasteiger charge is 2.56. The molecule has 1 aromatic heterocycles. The smallest absolute Gasteiger partial charge is 0.323 e. The first-order chi connectivity index (χ1) is 15.5. The molecule has 1 aliphatic heterocycles. The summed E-state index contributed by atoms with van der Waals surface area (Å²) in [5.74, 6) is 0.857. The van der Waals surface area contributed by atoms with Crippen molar-refractivity contribution in [3.8, 4) is 0 Å². The molecule has 8 nitrogen and oxygen atoms in total. The van der Waals surface area contributed by atoms with Crippen LogP contribution in [0.5, 0.6) is 0 Å². The third-order valence-corrected chi connectivity index (χ3v) is 7.54. The zero-order valence-corrected chi connectivity index (χ0v) is 18.4. The van der Waals surface area contributed by atoms with Gasteiger partial charge in [-0.25, -0.2) is 9.59 Å². The lowest BCUT2D eigenvalue weighted by atomic mass is 9.84. The molecule has 0 spiro atoms. The van der Waals surface area contributed by atoms with Crippen molar-refractivity contribution < 1.29 is 14.4 Å². The first kappa shape index (κ1) is 20.8. The predicted molar refractivity (Wildman–Crippen MR) is 122 cm³/mol. The van der Waals surface area contributed by atoms with E-state index < -0.39 is 12.1 Å². The van der Waals surface area contributed by atoms with E-state index in [1.165, 1.54) is 11.0 Å². The monoisotopic (exact) mass is 437 g/mol. The molecule has 1 aromatic carbocycles. The second-order valence-electron chi connectivity index (χ2n) is 9.57. The Labute approximate surface area is 187 Å². The van der Waals surface area contributed by atoms with Crippen LogP contribution in [-0.4, -0.2) is 45.6 Å². The largest absolute Gasteiger partial charge is 0.351 e. The molecule has 2 heterocycles. The van der Waals surface area contributed by atoms with Gasteiger partial charge >= 0.3 is 12.1 Å². The zero-order valence-electron chi connectivity index (χ0n) is 18.4. The maximum absolute atomic E-state index is 13.3. The van der Waals surface area contributed by atoms with E-state index in [2.05, 4.69) is 17.6 Å². The van der Waals surface area contributed by atoms with Crippen LogP contribution < -0.4 is 16.4 Å². The lowest BCUT2D eigenvalue weighted by Gasteiger charge is -2.33. The molecule has 2 aromatic rings. The zero-order chi connectivity index (χ0) is 22.4. The Hall–Kier alpha value is -3.03. The molecule has 4 amide bonds. The third-order valence-electron chi connectivity index (χ3n) is 7.54. The average molecular weight is 438 g/mol. The number of para-hydroxylation sites is 1. The molecular formula is C24H31N5O3. The van der Waals surface area contributed by atoms with Crippen molar-refractivity contribution in [2.24, 2.45) is 17.6 Å². The van der Waals surface area contributed by atoms with Gasteiger partial charge in [-0.1, -0.05) is 44.4 Å². The van der Waals surface area contributed by atoms with Gasteiger partial charge in [0.1, 0.15) is 6.04 Å². The minimum atomic E-state index is -0.609. The number of nitrogens with two attached hydrogens (primary N) is 1. The first-order valence-electron chi connectivity index (χ1n) is 11.8. The SMILES string of the molecule is CC[C@H]1CCC[C@@H](NC(=O)N2[C@@H]3C[C@@H]3C[C@H]2C(=O)Nc2cn(C(N)=O)c3ccccc23)C1. The van der Waals surface area contributed by atoms with E-state index in [0.717, 1.165) is 37.5 Å². The van der Waals surface area contributed by atoms with E-state index in [1.807, 2.05) is 18.2 Å². The normalized spacial score (nSPS) is 28.9. The van der Waals surface area contributed by atoms with E-state index >= 15 is 0 Å². The van der Waals surface area contributed by atoms with Crippen LogP contribution in [0.4, 0.5) is 15.3 Å². The quantitative estimate of drug-likeness (QED) is 0.679. The number of carbonyl (C=O) groups excluding carboxylic acids is 3. The molecule has 2 aliphatic carbocycles. The number of urea groups is 1. The van der Waals surface area contributed by atoms with Gasteiger partial charge < -0.3 is 21.3 Å². The van der Waals surface area contributed by atoms with Gasteiger partial charge in [-0.3, -0.25) is 9.36 Å². The van der Waals surface area contributed by atoms with Crippen LogP contribution in [0.1, 0.15) is 51.9 Å². The molecule has 32 heavy (non-hydrogen) atoms. The maximum atomic E-state index is 13.3. The Kier molecular flexibility index (Phi) is 5.31. The van der Waals surface area contributed by atoms with Crippen LogP contribution in [0.3, 0.4) is 0 Å². The minimum Gasteiger partial charge on any atom is -0.351 e. The van der Waals surface area contributed by atoms with Crippen molar-refractivity contribution in [3.63, 3.8) is 0 Å². The molecule has 1 saturated heterocycles. The molecule has 170 valence electrons. The van der Waals surface area contributed by atoms with E-state index in [4.69, 9.17) is 5.73 Å². The second kappa shape index (κ2) is 8.15. The van der Waals surface area contributed by atoms with Crippen molar-refractivity contribution >= 4 is 34.6 Å². The van der Waals surface area contributed by atoms with E-state index in [9.17, 15) is 14.4 Å². The molecule has 0 radical (unpaired) electrons. The van der Waals surface area contributed by atoms with E-state index in [-0.39, 0.29) is 24.0 Å². The van der Waals surface area contributed by atoms with E-state index in [0.29, 0.717) is 29.5 Å². The number of hydrogen-bond donors (Lipinski definition) is 3. The third kappa shape index (κ3) is 3.72. The molecule has 0 unspecified atom stereocenters. The number of benzene rings is 1. The molecule has 5 rings (SSSR count). The molecule has 3 aliphatic rings. The van der Waals surface area contributed by atoms with Gasteiger partial charge in [0.2, 0.25) is 5.91 Å². The van der Waals surface area contributed by atoms with Crippen LogP contribution >= 0.6 is 0 Å². The maximum Gasteiger partial charge on any atom is 0.323 e. The fourth-order valence-corrected chi connectivity index (χ4v) is 5.70. The standard InChI is InChI=1S/C24H31N5O3/c1-2-14-6-5-7-16(10-14)26-24(32)29-20-11-15(20)12-21(29)22(30)27-18-13-28(23(25)31)19-9-4-3-8-17(18)19/h3-4,8-9,13-16,20-21H,2,5-7,10-12H2,1H3,(H2,25,31)(H,26,32)(H,27,30)/t14-,15+,16+,20+,21-/m0/s1. The van der Waals surface area contributed by atoms with E-state index in [1.54, 1.807) is 17.2 Å². The number of hydrogen-bond acceptors (Lipinski definition) is 3. The molecule has 8 heteroatoms. The average Bonchev–Trinajstić information content (AvgIpc) is 3.29. The number of likely N-dealkylation sites (tertiary alicyclic amines) is 1. The number of nitrogens with one attached hydrogen (secondary N) is 2. The Morgan fingerprint density at radius 2 is 1.94 bits per heavy atom. The molecule has 5 atom stereocenters. The second-order valence-corrected chi connectivity index (χ2v) is 9.57. The van der Waals surface area contributed by atoms with Gasteiger partial charge in [0.15, 0.2) is 0 Å². The van der Waals surface area contributed by atoms with Gasteiger partial charge in [-0.2, -0.15) is 0 Å². The van der Waals surface area contributed by atoms with Crippen molar-refractivity contribution in [2.75, 3.05) is 5.32 Å². The number of amides is 4. The van der Waals surface area contributed by atoms with Gasteiger partial charge in [-0.15, -0.1) is 0 Å². The first-order valence-corrected chi connectivity index (χ1v) is 11.8. The van der Waals surface area contributed by atoms with Crippen LogP contribution in [0.25, 0.3) is 10.9 Å². The molecule has 0 bridgehead atoms. The number of rotatable bonds is 4. The van der Waals surface area contributed by atoms with Crippen molar-refractivity contribution in [3.05, 3.63) is 30.5 Å². The number of carbonyl (C=O) groups is 3. The van der Waals surface area contributed by atoms with Gasteiger partial charge in [-0.05, 0) is 43.6 Å². The number of nitrogens with zero attached hydrogens (tertiary/aromatic N) is 2. The number of primary amides is 1.